The van der Waals surface area contributed by atoms with Crippen LogP contribution >= 0.6 is 0 Å². The van der Waals surface area contributed by atoms with Gasteiger partial charge in [-0.15, -0.1) is 0 Å². The van der Waals surface area contributed by atoms with E-state index in [-0.39, 0.29) is 6.03 Å². The summed E-state index contributed by atoms with van der Waals surface area (Å²) in [6.07, 6.45) is 2.52. The molecule has 2 amide bonds. The van der Waals surface area contributed by atoms with Gasteiger partial charge in [0.15, 0.2) is 0 Å². The van der Waals surface area contributed by atoms with Gasteiger partial charge in [-0.1, -0.05) is 12.1 Å². The first-order valence-corrected chi connectivity index (χ1v) is 8.27. The van der Waals surface area contributed by atoms with Crippen LogP contribution in [0.4, 0.5) is 16.2 Å². The van der Waals surface area contributed by atoms with Gasteiger partial charge in [0, 0.05) is 31.0 Å². The fourth-order valence-corrected chi connectivity index (χ4v) is 2.83. The lowest BCUT2D eigenvalue weighted by atomic mass is 10.2. The Kier molecular flexibility index (Phi) is 5.21. The molecule has 0 radical (unpaired) electrons. The van der Waals surface area contributed by atoms with Crippen molar-refractivity contribution >= 4 is 17.4 Å². The van der Waals surface area contributed by atoms with Crippen molar-refractivity contribution in [1.82, 2.24) is 5.32 Å². The minimum absolute atomic E-state index is 0.209. The second-order valence-corrected chi connectivity index (χ2v) is 5.90. The molecule has 2 aromatic carbocycles. The van der Waals surface area contributed by atoms with E-state index in [0.717, 1.165) is 30.1 Å². The summed E-state index contributed by atoms with van der Waals surface area (Å²) in [7, 11) is 1.63. The Labute approximate surface area is 142 Å². The van der Waals surface area contributed by atoms with Gasteiger partial charge in [0.1, 0.15) is 5.75 Å². The Hall–Kier alpha value is -2.69. The van der Waals surface area contributed by atoms with Crippen LogP contribution in [0.2, 0.25) is 0 Å². The fourth-order valence-electron chi connectivity index (χ4n) is 2.83. The van der Waals surface area contributed by atoms with Gasteiger partial charge in [-0.05, 0) is 54.8 Å². The summed E-state index contributed by atoms with van der Waals surface area (Å²) < 4.78 is 5.12. The van der Waals surface area contributed by atoms with E-state index in [1.54, 1.807) is 7.11 Å². The topological polar surface area (TPSA) is 53.6 Å². The molecule has 3 rings (SSSR count). The number of rotatable bonds is 5. The summed E-state index contributed by atoms with van der Waals surface area (Å²) in [6, 6.07) is 15.4. The summed E-state index contributed by atoms with van der Waals surface area (Å²) in [4.78, 5) is 14.4. The van der Waals surface area contributed by atoms with Gasteiger partial charge in [-0.25, -0.2) is 4.79 Å². The summed E-state index contributed by atoms with van der Waals surface area (Å²) in [5, 5.41) is 5.71. The highest BCUT2D eigenvalue weighted by Gasteiger charge is 2.12. The molecule has 5 heteroatoms. The van der Waals surface area contributed by atoms with Crippen molar-refractivity contribution in [2.24, 2.45) is 0 Å². The van der Waals surface area contributed by atoms with E-state index in [9.17, 15) is 4.79 Å². The van der Waals surface area contributed by atoms with Crippen LogP contribution in [0, 0.1) is 0 Å². The van der Waals surface area contributed by atoms with Crippen LogP contribution in [0.15, 0.2) is 48.5 Å². The van der Waals surface area contributed by atoms with Crippen LogP contribution in [0.25, 0.3) is 0 Å². The molecule has 5 nitrogen and oxygen atoms in total. The standard InChI is InChI=1S/C19H23N3O2/c1-24-18-10-4-15(5-11-18)14-20-19(23)21-16-6-8-17(9-7-16)22-12-2-3-13-22/h4-11H,2-3,12-14H2,1H3,(H2,20,21,23). The molecule has 0 atom stereocenters. The van der Waals surface area contributed by atoms with Gasteiger partial charge in [-0.3, -0.25) is 0 Å². The number of nitrogens with zero attached hydrogens (tertiary/aromatic N) is 1. The third kappa shape index (κ3) is 4.19. The Bertz CT molecular complexity index is 662. The van der Waals surface area contributed by atoms with Crippen molar-refractivity contribution in [3.8, 4) is 5.75 Å². The quantitative estimate of drug-likeness (QED) is 0.883. The molecule has 1 aliphatic heterocycles. The van der Waals surface area contributed by atoms with Crippen LogP contribution in [0.1, 0.15) is 18.4 Å². The SMILES string of the molecule is COc1ccc(CNC(=O)Nc2ccc(N3CCCC3)cc2)cc1. The zero-order chi connectivity index (χ0) is 16.8. The summed E-state index contributed by atoms with van der Waals surface area (Å²) in [5.41, 5.74) is 3.04. The number of methoxy groups -OCH3 is 1. The number of benzene rings is 2. The first kappa shape index (κ1) is 16.2. The average Bonchev–Trinajstić information content (AvgIpc) is 3.16. The first-order chi connectivity index (χ1) is 11.7. The van der Waals surface area contributed by atoms with Crippen molar-refractivity contribution in [1.29, 1.82) is 0 Å². The molecule has 0 spiro atoms. The molecular weight excluding hydrogens is 302 g/mol. The Morgan fingerprint density at radius 3 is 2.33 bits per heavy atom. The predicted molar refractivity (Wildman–Crippen MR) is 96.7 cm³/mol. The molecule has 0 bridgehead atoms. The molecule has 1 aliphatic rings. The van der Waals surface area contributed by atoms with Crippen molar-refractivity contribution in [3.05, 3.63) is 54.1 Å². The Morgan fingerprint density at radius 1 is 1.04 bits per heavy atom. The molecule has 0 aromatic heterocycles. The summed E-state index contributed by atoms with van der Waals surface area (Å²) in [6.45, 7) is 2.71. The maximum Gasteiger partial charge on any atom is 0.319 e. The summed E-state index contributed by atoms with van der Waals surface area (Å²) >= 11 is 0. The number of carbonyl (C=O) groups excluding carboxylic acids is 1. The highest BCUT2D eigenvalue weighted by atomic mass is 16.5. The lowest BCUT2D eigenvalue weighted by Crippen LogP contribution is -2.28. The molecule has 1 heterocycles. The Morgan fingerprint density at radius 2 is 1.71 bits per heavy atom. The van der Waals surface area contributed by atoms with Gasteiger partial charge in [0.25, 0.3) is 0 Å². The van der Waals surface area contributed by atoms with Crippen LogP contribution in [0.5, 0.6) is 5.75 Å². The van der Waals surface area contributed by atoms with Gasteiger partial charge < -0.3 is 20.3 Å². The molecule has 0 unspecified atom stereocenters. The maximum atomic E-state index is 12.0. The van der Waals surface area contributed by atoms with Crippen molar-refractivity contribution in [3.63, 3.8) is 0 Å². The molecule has 2 aromatic rings. The largest absolute Gasteiger partial charge is 0.497 e. The number of hydrogen-bond acceptors (Lipinski definition) is 3. The number of hydrogen-bond donors (Lipinski definition) is 2. The zero-order valence-electron chi connectivity index (χ0n) is 13.9. The molecule has 126 valence electrons. The average molecular weight is 325 g/mol. The van der Waals surface area contributed by atoms with Crippen LogP contribution < -0.4 is 20.3 Å². The third-order valence-electron chi connectivity index (χ3n) is 4.21. The Balaban J connectivity index is 1.48. The number of urea groups is 1. The number of carbonyl (C=O) groups is 1. The fraction of sp³-hybridized carbons (Fsp3) is 0.316. The van der Waals surface area contributed by atoms with Crippen LogP contribution in [-0.4, -0.2) is 26.2 Å². The molecule has 1 saturated heterocycles. The van der Waals surface area contributed by atoms with E-state index < -0.39 is 0 Å². The second-order valence-electron chi connectivity index (χ2n) is 5.90. The third-order valence-corrected chi connectivity index (χ3v) is 4.21. The normalized spacial score (nSPS) is 13.6. The van der Waals surface area contributed by atoms with Crippen molar-refractivity contribution < 1.29 is 9.53 Å². The lowest BCUT2D eigenvalue weighted by Gasteiger charge is -2.17. The molecule has 0 saturated carbocycles. The molecule has 0 aliphatic carbocycles. The highest BCUT2D eigenvalue weighted by molar-refractivity contribution is 5.89. The second kappa shape index (κ2) is 7.73. The van der Waals surface area contributed by atoms with Gasteiger partial charge in [0.05, 0.1) is 7.11 Å². The number of ether oxygens (including phenoxy) is 1. The molecule has 1 fully saturated rings. The van der Waals surface area contributed by atoms with Crippen molar-refractivity contribution in [2.75, 3.05) is 30.4 Å². The van der Waals surface area contributed by atoms with E-state index in [4.69, 9.17) is 4.74 Å². The van der Waals surface area contributed by atoms with Crippen molar-refractivity contribution in [2.45, 2.75) is 19.4 Å². The van der Waals surface area contributed by atoms with E-state index >= 15 is 0 Å². The van der Waals surface area contributed by atoms with Gasteiger partial charge in [-0.2, -0.15) is 0 Å². The smallest absolute Gasteiger partial charge is 0.319 e. The van der Waals surface area contributed by atoms with Gasteiger partial charge in [0.2, 0.25) is 0 Å². The molecular formula is C19H23N3O2. The monoisotopic (exact) mass is 325 g/mol. The molecule has 24 heavy (non-hydrogen) atoms. The van der Waals surface area contributed by atoms with Crippen LogP contribution in [0.3, 0.4) is 0 Å². The minimum atomic E-state index is -0.209. The highest BCUT2D eigenvalue weighted by Crippen LogP contribution is 2.22. The van der Waals surface area contributed by atoms with E-state index in [0.29, 0.717) is 6.54 Å². The summed E-state index contributed by atoms with van der Waals surface area (Å²) in [5.74, 6) is 0.807. The van der Waals surface area contributed by atoms with Crippen LogP contribution in [-0.2, 0) is 6.54 Å². The number of anilines is 2. The van der Waals surface area contributed by atoms with E-state index in [1.807, 2.05) is 36.4 Å². The zero-order valence-corrected chi connectivity index (χ0v) is 13.9. The molecule has 2 N–H and O–H groups in total. The number of amides is 2. The van der Waals surface area contributed by atoms with E-state index in [1.165, 1.54) is 18.5 Å². The minimum Gasteiger partial charge on any atom is -0.497 e. The maximum absolute atomic E-state index is 12.0. The number of nitrogens with one attached hydrogen (secondary N) is 2. The van der Waals surface area contributed by atoms with E-state index in [2.05, 4.69) is 27.7 Å². The first-order valence-electron chi connectivity index (χ1n) is 8.27. The predicted octanol–water partition coefficient (Wildman–Crippen LogP) is 3.62. The van der Waals surface area contributed by atoms with Gasteiger partial charge >= 0.3 is 6.03 Å². The lowest BCUT2D eigenvalue weighted by molar-refractivity contribution is 0.251.